The molecule has 27 heavy (non-hydrogen) atoms. The van der Waals surface area contributed by atoms with E-state index < -0.39 is 0 Å². The number of hydrogen-bond acceptors (Lipinski definition) is 3. The van der Waals surface area contributed by atoms with Crippen molar-refractivity contribution in [3.05, 3.63) is 84.5 Å². The second-order valence-electron chi connectivity index (χ2n) is 6.66. The standard InChI is InChI=1S/C23H26N2O2/c1-24-22(16-18-8-4-2-5-9-18)23(26)25-20-12-14-21(15-13-20)27-17-19-10-6-3-7-11-19/h2-10,12-15,19,22,24H,11,16-17H2,1H3,(H,25,26). The molecule has 1 aliphatic carbocycles. The number of anilines is 1. The molecule has 140 valence electrons. The first-order valence-electron chi connectivity index (χ1n) is 9.33. The summed E-state index contributed by atoms with van der Waals surface area (Å²) in [6.45, 7) is 0.658. The Balaban J connectivity index is 1.51. The third-order valence-electron chi connectivity index (χ3n) is 4.60. The van der Waals surface area contributed by atoms with E-state index >= 15 is 0 Å². The highest BCUT2D eigenvalue weighted by molar-refractivity contribution is 5.95. The van der Waals surface area contributed by atoms with Crippen LogP contribution in [0, 0.1) is 5.92 Å². The average molecular weight is 362 g/mol. The Hall–Kier alpha value is -2.85. The predicted octanol–water partition coefficient (Wildman–Crippen LogP) is 3.97. The Morgan fingerprint density at radius 2 is 1.89 bits per heavy atom. The molecule has 2 aromatic rings. The number of hydrogen-bond donors (Lipinski definition) is 2. The number of likely N-dealkylation sites (N-methyl/N-ethyl adjacent to an activating group) is 1. The molecule has 2 N–H and O–H groups in total. The summed E-state index contributed by atoms with van der Waals surface area (Å²) in [6, 6.07) is 17.3. The number of rotatable bonds is 8. The highest BCUT2D eigenvalue weighted by Gasteiger charge is 2.17. The normalized spacial score (nSPS) is 16.7. The summed E-state index contributed by atoms with van der Waals surface area (Å²) in [5.74, 6) is 1.18. The van der Waals surface area contributed by atoms with Gasteiger partial charge in [0.1, 0.15) is 5.75 Å². The molecule has 0 aromatic heterocycles. The smallest absolute Gasteiger partial charge is 0.241 e. The third kappa shape index (κ3) is 5.83. The van der Waals surface area contributed by atoms with E-state index in [-0.39, 0.29) is 11.9 Å². The molecule has 0 bridgehead atoms. The molecular formula is C23H26N2O2. The summed E-state index contributed by atoms with van der Waals surface area (Å²) in [5.41, 5.74) is 1.89. The van der Waals surface area contributed by atoms with Crippen molar-refractivity contribution < 1.29 is 9.53 Å². The van der Waals surface area contributed by atoms with E-state index in [1.807, 2.05) is 54.6 Å². The lowest BCUT2D eigenvalue weighted by Gasteiger charge is -2.17. The number of nitrogens with one attached hydrogen (secondary N) is 2. The van der Waals surface area contributed by atoms with Gasteiger partial charge in [-0.25, -0.2) is 0 Å². The highest BCUT2D eigenvalue weighted by Crippen LogP contribution is 2.19. The first kappa shape index (κ1) is 18.9. The SMILES string of the molecule is CNC(Cc1ccccc1)C(=O)Nc1ccc(OCC2C=CC=CC2)cc1. The third-order valence-corrected chi connectivity index (χ3v) is 4.60. The van der Waals surface area contributed by atoms with E-state index in [0.717, 1.165) is 23.4 Å². The predicted molar refractivity (Wildman–Crippen MR) is 110 cm³/mol. The van der Waals surface area contributed by atoms with Gasteiger partial charge in [-0.3, -0.25) is 4.79 Å². The number of carbonyl (C=O) groups is 1. The van der Waals surface area contributed by atoms with Crippen LogP contribution in [0.3, 0.4) is 0 Å². The Labute approximate surface area is 160 Å². The zero-order valence-corrected chi connectivity index (χ0v) is 15.6. The van der Waals surface area contributed by atoms with E-state index in [9.17, 15) is 4.79 Å². The maximum Gasteiger partial charge on any atom is 0.241 e. The number of allylic oxidation sites excluding steroid dienone is 3. The van der Waals surface area contributed by atoms with Crippen molar-refractivity contribution in [1.82, 2.24) is 5.32 Å². The molecule has 3 rings (SSSR count). The number of benzene rings is 2. The Kier molecular flexibility index (Phi) is 6.83. The summed E-state index contributed by atoms with van der Waals surface area (Å²) in [5, 5.41) is 6.06. The van der Waals surface area contributed by atoms with Crippen LogP contribution in [0.25, 0.3) is 0 Å². The van der Waals surface area contributed by atoms with Crippen molar-refractivity contribution in [2.24, 2.45) is 5.92 Å². The molecule has 1 amide bonds. The molecule has 1 aliphatic rings. The van der Waals surface area contributed by atoms with Crippen LogP contribution in [0.15, 0.2) is 78.9 Å². The molecule has 0 aliphatic heterocycles. The summed E-state index contributed by atoms with van der Waals surface area (Å²) < 4.78 is 5.84. The number of carbonyl (C=O) groups excluding carboxylic acids is 1. The molecule has 0 saturated heterocycles. The Morgan fingerprint density at radius 1 is 1.11 bits per heavy atom. The lowest BCUT2D eigenvalue weighted by atomic mass is 10.0. The van der Waals surface area contributed by atoms with Crippen LogP contribution in [0.5, 0.6) is 5.75 Å². The monoisotopic (exact) mass is 362 g/mol. The van der Waals surface area contributed by atoms with Gasteiger partial charge in [-0.1, -0.05) is 54.6 Å². The topological polar surface area (TPSA) is 50.4 Å². The fourth-order valence-corrected chi connectivity index (χ4v) is 3.00. The van der Waals surface area contributed by atoms with Crippen molar-refractivity contribution in [3.8, 4) is 5.75 Å². The minimum absolute atomic E-state index is 0.0471. The maximum absolute atomic E-state index is 12.5. The fourth-order valence-electron chi connectivity index (χ4n) is 3.00. The molecule has 0 fully saturated rings. The zero-order chi connectivity index (χ0) is 18.9. The summed E-state index contributed by atoms with van der Waals surface area (Å²) in [7, 11) is 1.80. The van der Waals surface area contributed by atoms with E-state index in [1.54, 1.807) is 7.05 Å². The number of amides is 1. The van der Waals surface area contributed by atoms with Gasteiger partial charge in [0.2, 0.25) is 5.91 Å². The molecule has 2 unspecified atom stereocenters. The number of ether oxygens (including phenoxy) is 1. The molecule has 2 aromatic carbocycles. The van der Waals surface area contributed by atoms with Crippen molar-refractivity contribution in [2.45, 2.75) is 18.9 Å². The van der Waals surface area contributed by atoms with Crippen molar-refractivity contribution in [2.75, 3.05) is 19.0 Å². The lowest BCUT2D eigenvalue weighted by molar-refractivity contribution is -0.118. The minimum Gasteiger partial charge on any atom is -0.493 e. The molecule has 0 heterocycles. The first-order valence-corrected chi connectivity index (χ1v) is 9.33. The van der Waals surface area contributed by atoms with Crippen LogP contribution in [-0.2, 0) is 11.2 Å². The van der Waals surface area contributed by atoms with Gasteiger partial charge in [-0.05, 0) is 49.7 Å². The maximum atomic E-state index is 12.5. The van der Waals surface area contributed by atoms with Gasteiger partial charge in [0.05, 0.1) is 12.6 Å². The van der Waals surface area contributed by atoms with Crippen LogP contribution < -0.4 is 15.4 Å². The van der Waals surface area contributed by atoms with Gasteiger partial charge in [-0.15, -0.1) is 0 Å². The van der Waals surface area contributed by atoms with Gasteiger partial charge >= 0.3 is 0 Å². The molecule has 4 nitrogen and oxygen atoms in total. The van der Waals surface area contributed by atoms with Gasteiger partial charge in [-0.2, -0.15) is 0 Å². The van der Waals surface area contributed by atoms with Crippen LogP contribution >= 0.6 is 0 Å². The minimum atomic E-state index is -0.283. The van der Waals surface area contributed by atoms with E-state index in [0.29, 0.717) is 18.9 Å². The van der Waals surface area contributed by atoms with E-state index in [1.165, 1.54) is 0 Å². The lowest BCUT2D eigenvalue weighted by Crippen LogP contribution is -2.40. The van der Waals surface area contributed by atoms with Crippen LogP contribution in [0.1, 0.15) is 12.0 Å². The van der Waals surface area contributed by atoms with Crippen molar-refractivity contribution in [1.29, 1.82) is 0 Å². The van der Waals surface area contributed by atoms with E-state index in [2.05, 4.69) is 34.9 Å². The fraction of sp³-hybridized carbons (Fsp3) is 0.261. The van der Waals surface area contributed by atoms with Gasteiger partial charge < -0.3 is 15.4 Å². The second kappa shape index (κ2) is 9.74. The molecule has 2 atom stereocenters. The Bertz CT molecular complexity index is 782. The summed E-state index contributed by atoms with van der Waals surface area (Å²) in [6.07, 6.45) is 10.1. The van der Waals surface area contributed by atoms with Crippen LogP contribution in [0.4, 0.5) is 5.69 Å². The molecule has 0 spiro atoms. The van der Waals surface area contributed by atoms with Crippen molar-refractivity contribution >= 4 is 11.6 Å². The highest BCUT2D eigenvalue weighted by atomic mass is 16.5. The van der Waals surface area contributed by atoms with Gasteiger partial charge in [0.25, 0.3) is 0 Å². The summed E-state index contributed by atoms with van der Waals surface area (Å²) >= 11 is 0. The zero-order valence-electron chi connectivity index (χ0n) is 15.6. The van der Waals surface area contributed by atoms with Crippen molar-refractivity contribution in [3.63, 3.8) is 0 Å². The molecular weight excluding hydrogens is 336 g/mol. The average Bonchev–Trinajstić information content (AvgIpc) is 2.73. The van der Waals surface area contributed by atoms with Gasteiger partial charge in [0, 0.05) is 11.6 Å². The van der Waals surface area contributed by atoms with Gasteiger partial charge in [0.15, 0.2) is 0 Å². The van der Waals surface area contributed by atoms with E-state index in [4.69, 9.17) is 4.74 Å². The van der Waals surface area contributed by atoms with Crippen LogP contribution in [0.2, 0.25) is 0 Å². The molecule has 4 heteroatoms. The summed E-state index contributed by atoms with van der Waals surface area (Å²) in [4.78, 5) is 12.5. The Morgan fingerprint density at radius 3 is 2.56 bits per heavy atom. The first-order chi connectivity index (χ1) is 13.2. The second-order valence-corrected chi connectivity index (χ2v) is 6.66. The molecule has 0 radical (unpaired) electrons. The molecule has 0 saturated carbocycles. The largest absolute Gasteiger partial charge is 0.493 e. The van der Waals surface area contributed by atoms with Crippen LogP contribution in [-0.4, -0.2) is 25.6 Å². The quantitative estimate of drug-likeness (QED) is 0.747.